The molecule has 0 aliphatic rings. The van der Waals surface area contributed by atoms with Gasteiger partial charge in [0.05, 0.1) is 22.1 Å². The first-order valence-corrected chi connectivity index (χ1v) is 15.2. The van der Waals surface area contributed by atoms with Crippen molar-refractivity contribution in [2.75, 3.05) is 0 Å². The van der Waals surface area contributed by atoms with Crippen LogP contribution in [0.15, 0.2) is 156 Å². The summed E-state index contributed by atoms with van der Waals surface area (Å²) >= 11 is 0. The molecule has 0 aliphatic heterocycles. The Balaban J connectivity index is 1.33. The minimum atomic E-state index is 0.779. The minimum absolute atomic E-state index is 0.779. The van der Waals surface area contributed by atoms with Crippen LogP contribution in [-0.2, 0) is 0 Å². The van der Waals surface area contributed by atoms with Gasteiger partial charge in [0.25, 0.3) is 0 Å². The fourth-order valence-corrected chi connectivity index (χ4v) is 7.36. The second-order valence-corrected chi connectivity index (χ2v) is 11.6. The fourth-order valence-electron chi connectivity index (χ4n) is 7.36. The number of rotatable bonds is 3. The molecule has 7 aromatic carbocycles. The van der Waals surface area contributed by atoms with Crippen LogP contribution in [0.25, 0.3) is 88.0 Å². The Morgan fingerprint density at radius 3 is 1.82 bits per heavy atom. The molecule has 4 heteroatoms. The topological polar surface area (TPSA) is 35.9 Å². The van der Waals surface area contributed by atoms with Gasteiger partial charge in [0.15, 0.2) is 12.0 Å². The first kappa shape index (κ1) is 24.3. The van der Waals surface area contributed by atoms with Gasteiger partial charge in [0.1, 0.15) is 5.52 Å². The molecule has 3 heterocycles. The van der Waals surface area contributed by atoms with Crippen molar-refractivity contribution in [1.29, 1.82) is 0 Å². The zero-order valence-corrected chi connectivity index (χ0v) is 24.2. The zero-order chi connectivity index (χ0) is 29.5. The Morgan fingerprint density at radius 1 is 0.467 bits per heavy atom. The van der Waals surface area contributed by atoms with Gasteiger partial charge in [-0.2, -0.15) is 0 Å². The summed E-state index contributed by atoms with van der Waals surface area (Å²) in [6.07, 6.45) is 1.57. The van der Waals surface area contributed by atoms with Gasteiger partial charge >= 0.3 is 0 Å². The fraction of sp³-hybridized carbons (Fsp3) is 0. The van der Waals surface area contributed by atoms with E-state index in [1.807, 2.05) is 0 Å². The lowest BCUT2D eigenvalue weighted by molar-refractivity contribution is 0.602. The standard InChI is InChI=1S/C41H25N3O/c1-3-11-27(12-4-1)43-35-17-9-8-16-30(35)34-23-26(19-22-37(34)43)33-24-38-40(42-25-45-38)39-31(33)20-21-32-29-15-7-10-18-36(29)44(41(32)39)28-13-5-2-6-14-28/h1-25H. The third-order valence-corrected chi connectivity index (χ3v) is 9.25. The second-order valence-electron chi connectivity index (χ2n) is 11.6. The highest BCUT2D eigenvalue weighted by Gasteiger charge is 2.21. The summed E-state index contributed by atoms with van der Waals surface area (Å²) in [5, 5.41) is 7.11. The second kappa shape index (κ2) is 9.18. The molecule has 210 valence electrons. The number of benzene rings is 7. The van der Waals surface area contributed by atoms with Crippen LogP contribution in [0.4, 0.5) is 0 Å². The summed E-state index contributed by atoms with van der Waals surface area (Å²) in [4.78, 5) is 4.78. The summed E-state index contributed by atoms with van der Waals surface area (Å²) in [5.74, 6) is 0. The van der Waals surface area contributed by atoms with Crippen LogP contribution in [0.1, 0.15) is 0 Å². The van der Waals surface area contributed by atoms with Crippen molar-refractivity contribution in [2.45, 2.75) is 0 Å². The van der Waals surface area contributed by atoms with Gasteiger partial charge in [0, 0.05) is 38.3 Å². The normalized spacial score (nSPS) is 12.0. The van der Waals surface area contributed by atoms with Gasteiger partial charge < -0.3 is 13.6 Å². The van der Waals surface area contributed by atoms with Crippen molar-refractivity contribution >= 4 is 65.5 Å². The highest BCUT2D eigenvalue weighted by molar-refractivity contribution is 6.27. The van der Waals surface area contributed by atoms with Crippen molar-refractivity contribution in [3.63, 3.8) is 0 Å². The molecule has 0 aliphatic carbocycles. The highest BCUT2D eigenvalue weighted by atomic mass is 16.3. The monoisotopic (exact) mass is 575 g/mol. The van der Waals surface area contributed by atoms with E-state index in [4.69, 9.17) is 9.40 Å². The van der Waals surface area contributed by atoms with E-state index in [0.29, 0.717) is 0 Å². The van der Waals surface area contributed by atoms with Crippen LogP contribution in [0.2, 0.25) is 0 Å². The van der Waals surface area contributed by atoms with E-state index >= 15 is 0 Å². The SMILES string of the molecule is c1ccc(-n2c3ccccc3c3cc(-c4cc5ocnc5c5c4ccc4c6ccccc6n(-c6ccccc6)c45)ccc32)cc1. The summed E-state index contributed by atoms with van der Waals surface area (Å²) < 4.78 is 10.8. The van der Waals surface area contributed by atoms with Crippen LogP contribution in [0.3, 0.4) is 0 Å². The van der Waals surface area contributed by atoms with Crippen LogP contribution >= 0.6 is 0 Å². The highest BCUT2D eigenvalue weighted by Crippen LogP contribution is 2.44. The largest absolute Gasteiger partial charge is 0.443 e. The molecule has 0 N–H and O–H groups in total. The van der Waals surface area contributed by atoms with Crippen molar-refractivity contribution in [3.05, 3.63) is 152 Å². The van der Waals surface area contributed by atoms with E-state index in [1.54, 1.807) is 6.39 Å². The van der Waals surface area contributed by atoms with E-state index in [9.17, 15) is 0 Å². The maximum absolute atomic E-state index is 6.05. The van der Waals surface area contributed by atoms with Crippen molar-refractivity contribution in [1.82, 2.24) is 14.1 Å². The van der Waals surface area contributed by atoms with Gasteiger partial charge in [-0.1, -0.05) is 91.0 Å². The smallest absolute Gasteiger partial charge is 0.182 e. The average molecular weight is 576 g/mol. The van der Waals surface area contributed by atoms with Crippen molar-refractivity contribution < 1.29 is 4.42 Å². The van der Waals surface area contributed by atoms with E-state index in [0.717, 1.165) is 49.9 Å². The molecule has 0 bridgehead atoms. The molecule has 0 radical (unpaired) electrons. The summed E-state index contributed by atoms with van der Waals surface area (Å²) in [5.41, 5.74) is 10.9. The first-order valence-electron chi connectivity index (χ1n) is 15.2. The number of nitrogens with zero attached hydrogens (tertiary/aromatic N) is 3. The molecule has 0 unspecified atom stereocenters. The Morgan fingerprint density at radius 2 is 1.07 bits per heavy atom. The van der Waals surface area contributed by atoms with Crippen molar-refractivity contribution in [3.8, 4) is 22.5 Å². The summed E-state index contributed by atoms with van der Waals surface area (Å²) in [7, 11) is 0. The van der Waals surface area contributed by atoms with Crippen LogP contribution < -0.4 is 0 Å². The molecular formula is C41H25N3O. The number of oxazole rings is 1. The lowest BCUT2D eigenvalue weighted by atomic mass is 9.94. The number of para-hydroxylation sites is 4. The molecule has 0 spiro atoms. The Labute approximate surface area is 258 Å². The molecule has 0 fully saturated rings. The van der Waals surface area contributed by atoms with Crippen LogP contribution in [-0.4, -0.2) is 14.1 Å². The lowest BCUT2D eigenvalue weighted by Crippen LogP contribution is -1.95. The van der Waals surface area contributed by atoms with E-state index < -0.39 is 0 Å². The van der Waals surface area contributed by atoms with E-state index in [1.165, 1.54) is 38.1 Å². The Kier molecular flexibility index (Phi) is 4.96. The molecule has 45 heavy (non-hydrogen) atoms. The first-order chi connectivity index (χ1) is 22.3. The zero-order valence-electron chi connectivity index (χ0n) is 24.2. The minimum Gasteiger partial charge on any atom is -0.443 e. The van der Waals surface area contributed by atoms with Gasteiger partial charge in [-0.3, -0.25) is 0 Å². The van der Waals surface area contributed by atoms with Gasteiger partial charge in [0.2, 0.25) is 0 Å². The number of aromatic nitrogens is 3. The molecule has 0 atom stereocenters. The quantitative estimate of drug-likeness (QED) is 0.210. The lowest BCUT2D eigenvalue weighted by Gasteiger charge is -2.13. The van der Waals surface area contributed by atoms with Crippen molar-refractivity contribution in [2.24, 2.45) is 0 Å². The molecule has 0 saturated carbocycles. The molecule has 10 rings (SSSR count). The maximum atomic E-state index is 6.05. The average Bonchev–Trinajstić information content (AvgIpc) is 3.81. The van der Waals surface area contributed by atoms with Crippen LogP contribution in [0.5, 0.6) is 0 Å². The molecule has 10 aromatic rings. The predicted molar refractivity (Wildman–Crippen MR) is 186 cm³/mol. The van der Waals surface area contributed by atoms with Crippen LogP contribution in [0, 0.1) is 0 Å². The van der Waals surface area contributed by atoms with Gasteiger partial charge in [-0.05, 0) is 71.1 Å². The Hall–Kier alpha value is -6.13. The molecule has 3 aromatic heterocycles. The molecular weight excluding hydrogens is 550 g/mol. The number of fused-ring (bicyclic) bond motifs is 10. The predicted octanol–water partition coefficient (Wildman–Crippen LogP) is 10.8. The maximum Gasteiger partial charge on any atom is 0.182 e. The van der Waals surface area contributed by atoms with Gasteiger partial charge in [-0.25, -0.2) is 4.98 Å². The number of hydrogen-bond acceptors (Lipinski definition) is 2. The molecule has 0 saturated heterocycles. The Bertz CT molecular complexity index is 2750. The van der Waals surface area contributed by atoms with E-state index in [2.05, 4.69) is 155 Å². The van der Waals surface area contributed by atoms with Gasteiger partial charge in [-0.15, -0.1) is 0 Å². The number of hydrogen-bond donors (Lipinski definition) is 0. The third kappa shape index (κ3) is 3.39. The summed E-state index contributed by atoms with van der Waals surface area (Å²) in [6, 6.07) is 52.0. The third-order valence-electron chi connectivity index (χ3n) is 9.25. The van der Waals surface area contributed by atoms with E-state index in [-0.39, 0.29) is 0 Å². The molecule has 4 nitrogen and oxygen atoms in total. The molecule has 0 amide bonds. The summed E-state index contributed by atoms with van der Waals surface area (Å²) in [6.45, 7) is 0.